The first kappa shape index (κ1) is 13.0. The lowest BCUT2D eigenvalue weighted by molar-refractivity contribution is 0.600. The molecular formula is C11H10BrN3O2S. The Balaban J connectivity index is 2.33. The third-order valence-electron chi connectivity index (χ3n) is 2.12. The van der Waals surface area contributed by atoms with Crippen LogP contribution in [-0.2, 0) is 10.0 Å². The average Bonchev–Trinajstić information content (AvgIpc) is 2.28. The minimum absolute atomic E-state index is 0.0957. The number of anilines is 1. The fraction of sp³-hybridized carbons (Fsp3) is 0.0909. The highest BCUT2D eigenvalue weighted by Gasteiger charge is 2.15. The van der Waals surface area contributed by atoms with Gasteiger partial charge in [0, 0.05) is 23.1 Å². The van der Waals surface area contributed by atoms with E-state index < -0.39 is 10.0 Å². The van der Waals surface area contributed by atoms with E-state index in [9.17, 15) is 8.42 Å². The van der Waals surface area contributed by atoms with Crippen LogP contribution in [0, 0.1) is 6.92 Å². The SMILES string of the molecule is Cc1cncc(NS(=O)(=O)c2cncc(Br)c2)c1. The van der Waals surface area contributed by atoms with Crippen LogP contribution in [0.3, 0.4) is 0 Å². The molecular weight excluding hydrogens is 318 g/mol. The summed E-state index contributed by atoms with van der Waals surface area (Å²) in [4.78, 5) is 7.85. The zero-order valence-corrected chi connectivity index (χ0v) is 11.9. The molecule has 0 saturated heterocycles. The molecule has 0 saturated carbocycles. The van der Waals surface area contributed by atoms with Crippen LogP contribution < -0.4 is 4.72 Å². The second-order valence-electron chi connectivity index (χ2n) is 3.70. The Hall–Kier alpha value is -1.47. The van der Waals surface area contributed by atoms with Crippen LogP contribution in [-0.4, -0.2) is 18.4 Å². The van der Waals surface area contributed by atoms with Gasteiger partial charge in [0.15, 0.2) is 0 Å². The summed E-state index contributed by atoms with van der Waals surface area (Å²) < 4.78 is 27.2. The maximum absolute atomic E-state index is 12.1. The summed E-state index contributed by atoms with van der Waals surface area (Å²) in [7, 11) is -3.64. The van der Waals surface area contributed by atoms with E-state index in [1.165, 1.54) is 24.7 Å². The monoisotopic (exact) mass is 327 g/mol. The van der Waals surface area contributed by atoms with Crippen molar-refractivity contribution in [2.24, 2.45) is 0 Å². The molecule has 2 heterocycles. The molecule has 0 aliphatic heterocycles. The Bertz CT molecular complexity index is 673. The van der Waals surface area contributed by atoms with E-state index in [1.54, 1.807) is 12.3 Å². The molecule has 1 N–H and O–H groups in total. The third kappa shape index (κ3) is 3.05. The maximum atomic E-state index is 12.1. The summed E-state index contributed by atoms with van der Waals surface area (Å²) in [5.74, 6) is 0. The molecule has 2 rings (SSSR count). The van der Waals surface area contributed by atoms with Gasteiger partial charge < -0.3 is 0 Å². The van der Waals surface area contributed by atoms with Gasteiger partial charge in [0.2, 0.25) is 0 Å². The summed E-state index contributed by atoms with van der Waals surface area (Å²) in [6, 6.07) is 3.19. The van der Waals surface area contributed by atoms with E-state index in [4.69, 9.17) is 0 Å². The van der Waals surface area contributed by atoms with E-state index >= 15 is 0 Å². The lowest BCUT2D eigenvalue weighted by Gasteiger charge is -2.08. The largest absolute Gasteiger partial charge is 0.278 e. The lowest BCUT2D eigenvalue weighted by atomic mass is 10.3. The van der Waals surface area contributed by atoms with Crippen molar-refractivity contribution in [3.8, 4) is 0 Å². The van der Waals surface area contributed by atoms with E-state index in [2.05, 4.69) is 30.6 Å². The van der Waals surface area contributed by atoms with Gasteiger partial charge in [0.05, 0.1) is 11.9 Å². The number of sulfonamides is 1. The average molecular weight is 328 g/mol. The number of hydrogen-bond donors (Lipinski definition) is 1. The first-order valence-corrected chi connectivity index (χ1v) is 7.30. The molecule has 0 fully saturated rings. The summed E-state index contributed by atoms with van der Waals surface area (Å²) >= 11 is 3.18. The molecule has 0 atom stereocenters. The highest BCUT2D eigenvalue weighted by molar-refractivity contribution is 9.10. The van der Waals surface area contributed by atoms with Crippen LogP contribution in [0.15, 0.2) is 46.3 Å². The molecule has 7 heteroatoms. The van der Waals surface area contributed by atoms with Gasteiger partial charge in [0.25, 0.3) is 10.0 Å². The summed E-state index contributed by atoms with van der Waals surface area (Å²) in [6.07, 6.45) is 5.91. The topological polar surface area (TPSA) is 72.0 Å². The number of halogens is 1. The molecule has 0 aromatic carbocycles. The van der Waals surface area contributed by atoms with Crippen molar-refractivity contribution in [2.75, 3.05) is 4.72 Å². The van der Waals surface area contributed by atoms with Gasteiger partial charge in [-0.05, 0) is 40.5 Å². The molecule has 0 radical (unpaired) electrons. The van der Waals surface area contributed by atoms with Crippen LogP contribution in [0.5, 0.6) is 0 Å². The zero-order chi connectivity index (χ0) is 13.2. The van der Waals surface area contributed by atoms with Gasteiger partial charge in [-0.2, -0.15) is 0 Å². The molecule has 2 aromatic rings. The Morgan fingerprint density at radius 3 is 2.50 bits per heavy atom. The van der Waals surface area contributed by atoms with Gasteiger partial charge in [-0.25, -0.2) is 8.42 Å². The predicted octanol–water partition coefficient (Wildman–Crippen LogP) is 2.35. The Labute approximate surface area is 113 Å². The quantitative estimate of drug-likeness (QED) is 0.939. The number of nitrogens with zero attached hydrogens (tertiary/aromatic N) is 2. The van der Waals surface area contributed by atoms with Crippen molar-refractivity contribution in [1.82, 2.24) is 9.97 Å². The van der Waals surface area contributed by atoms with Crippen molar-refractivity contribution >= 4 is 31.6 Å². The van der Waals surface area contributed by atoms with Gasteiger partial charge in [-0.15, -0.1) is 0 Å². The fourth-order valence-electron chi connectivity index (χ4n) is 1.36. The van der Waals surface area contributed by atoms with Gasteiger partial charge in [-0.1, -0.05) is 0 Å². The maximum Gasteiger partial charge on any atom is 0.263 e. The number of aryl methyl sites for hydroxylation is 1. The minimum atomic E-state index is -3.64. The third-order valence-corrected chi connectivity index (χ3v) is 3.90. The Morgan fingerprint density at radius 2 is 1.83 bits per heavy atom. The molecule has 2 aromatic heterocycles. The van der Waals surface area contributed by atoms with E-state index in [-0.39, 0.29) is 4.90 Å². The first-order valence-electron chi connectivity index (χ1n) is 5.02. The number of pyridine rings is 2. The minimum Gasteiger partial charge on any atom is -0.278 e. The summed E-state index contributed by atoms with van der Waals surface area (Å²) in [5.41, 5.74) is 1.30. The van der Waals surface area contributed by atoms with Crippen LogP contribution in [0.25, 0.3) is 0 Å². The van der Waals surface area contributed by atoms with Crippen LogP contribution in [0.4, 0.5) is 5.69 Å². The number of rotatable bonds is 3. The molecule has 94 valence electrons. The highest BCUT2D eigenvalue weighted by atomic mass is 79.9. The Morgan fingerprint density at radius 1 is 1.11 bits per heavy atom. The number of aromatic nitrogens is 2. The molecule has 0 aliphatic rings. The highest BCUT2D eigenvalue weighted by Crippen LogP contribution is 2.18. The van der Waals surface area contributed by atoms with Gasteiger partial charge in [-0.3, -0.25) is 14.7 Å². The van der Waals surface area contributed by atoms with E-state index in [1.807, 2.05) is 6.92 Å². The molecule has 0 aliphatic carbocycles. The smallest absolute Gasteiger partial charge is 0.263 e. The standard InChI is InChI=1S/C11H10BrN3O2S/c1-8-2-10(6-13-4-8)15-18(16,17)11-3-9(12)5-14-7-11/h2-7,15H,1H3. The molecule has 18 heavy (non-hydrogen) atoms. The second-order valence-corrected chi connectivity index (χ2v) is 6.29. The molecule has 0 spiro atoms. The first-order chi connectivity index (χ1) is 8.47. The van der Waals surface area contributed by atoms with Crippen LogP contribution in [0.1, 0.15) is 5.56 Å². The van der Waals surface area contributed by atoms with Crippen molar-refractivity contribution in [3.63, 3.8) is 0 Å². The van der Waals surface area contributed by atoms with Crippen molar-refractivity contribution < 1.29 is 8.42 Å². The Kier molecular flexibility index (Phi) is 3.63. The van der Waals surface area contributed by atoms with Crippen molar-refractivity contribution in [2.45, 2.75) is 11.8 Å². The van der Waals surface area contributed by atoms with Crippen molar-refractivity contribution in [3.05, 3.63) is 47.0 Å². The number of nitrogens with one attached hydrogen (secondary N) is 1. The lowest BCUT2D eigenvalue weighted by Crippen LogP contribution is -2.13. The fourth-order valence-corrected chi connectivity index (χ4v) is 2.90. The molecule has 0 amide bonds. The summed E-state index contributed by atoms with van der Waals surface area (Å²) in [5, 5.41) is 0. The van der Waals surface area contributed by atoms with Crippen LogP contribution >= 0.6 is 15.9 Å². The van der Waals surface area contributed by atoms with E-state index in [0.29, 0.717) is 10.2 Å². The van der Waals surface area contributed by atoms with Crippen molar-refractivity contribution in [1.29, 1.82) is 0 Å². The zero-order valence-electron chi connectivity index (χ0n) is 9.46. The normalized spacial score (nSPS) is 11.2. The van der Waals surface area contributed by atoms with E-state index in [0.717, 1.165) is 5.56 Å². The number of hydrogen-bond acceptors (Lipinski definition) is 4. The predicted molar refractivity (Wildman–Crippen MR) is 71.7 cm³/mol. The molecule has 5 nitrogen and oxygen atoms in total. The van der Waals surface area contributed by atoms with Gasteiger partial charge in [0.1, 0.15) is 4.90 Å². The molecule has 0 bridgehead atoms. The summed E-state index contributed by atoms with van der Waals surface area (Å²) in [6.45, 7) is 1.84. The second kappa shape index (κ2) is 5.03. The van der Waals surface area contributed by atoms with Gasteiger partial charge >= 0.3 is 0 Å². The molecule has 0 unspecified atom stereocenters. The van der Waals surface area contributed by atoms with Crippen LogP contribution in [0.2, 0.25) is 0 Å².